The zero-order valence-electron chi connectivity index (χ0n) is 9.63. The van der Waals surface area contributed by atoms with E-state index in [0.717, 1.165) is 4.47 Å². The van der Waals surface area contributed by atoms with E-state index < -0.39 is 0 Å². The highest BCUT2D eigenvalue weighted by molar-refractivity contribution is 9.10. The molecule has 2 heterocycles. The summed E-state index contributed by atoms with van der Waals surface area (Å²) < 4.78 is 6.15. The summed E-state index contributed by atoms with van der Waals surface area (Å²) in [5, 5.41) is 10.3. The number of nitrogens with one attached hydrogen (secondary N) is 1. The summed E-state index contributed by atoms with van der Waals surface area (Å²) in [7, 11) is 0. The summed E-state index contributed by atoms with van der Waals surface area (Å²) >= 11 is 3.33. The molecule has 0 aliphatic heterocycles. The lowest BCUT2D eigenvalue weighted by molar-refractivity contribution is 0.103. The third kappa shape index (κ3) is 2.22. The van der Waals surface area contributed by atoms with E-state index in [1.807, 2.05) is 0 Å². The van der Waals surface area contributed by atoms with Gasteiger partial charge in [0.15, 0.2) is 17.1 Å². The molecule has 0 saturated carbocycles. The second-order valence-corrected chi connectivity index (χ2v) is 4.75. The van der Waals surface area contributed by atoms with E-state index in [9.17, 15) is 4.79 Å². The van der Waals surface area contributed by atoms with Gasteiger partial charge in [0.2, 0.25) is 5.78 Å². The number of aromatic amines is 1. The van der Waals surface area contributed by atoms with E-state index >= 15 is 0 Å². The van der Waals surface area contributed by atoms with Gasteiger partial charge in [-0.15, -0.1) is 0 Å². The number of hydrogen-bond donors (Lipinski definition) is 1. The fourth-order valence-electron chi connectivity index (χ4n) is 1.71. The zero-order valence-corrected chi connectivity index (χ0v) is 11.2. The quantitative estimate of drug-likeness (QED) is 0.753. The number of carbonyl (C=O) groups excluding carboxylic acids is 1. The third-order valence-corrected chi connectivity index (χ3v) is 3.15. The first-order chi connectivity index (χ1) is 9.25. The number of rotatable bonds is 3. The Morgan fingerprint density at radius 3 is 2.63 bits per heavy atom. The van der Waals surface area contributed by atoms with Gasteiger partial charge in [-0.2, -0.15) is 15.4 Å². The first kappa shape index (κ1) is 11.9. The highest BCUT2D eigenvalue weighted by Crippen LogP contribution is 2.22. The summed E-state index contributed by atoms with van der Waals surface area (Å²) in [6.07, 6.45) is 1.53. The molecule has 0 aliphatic carbocycles. The molecular weight excluding hydrogens is 310 g/mol. The fourth-order valence-corrected chi connectivity index (χ4v) is 1.98. The zero-order chi connectivity index (χ0) is 13.2. The number of nitrogens with zero attached hydrogens (tertiary/aromatic N) is 2. The van der Waals surface area contributed by atoms with Gasteiger partial charge in [-0.05, 0) is 36.4 Å². The van der Waals surface area contributed by atoms with Crippen LogP contribution in [0.1, 0.15) is 16.1 Å². The Labute approximate surface area is 116 Å². The summed E-state index contributed by atoms with van der Waals surface area (Å²) in [5.74, 6) is 0.307. The van der Waals surface area contributed by atoms with Crippen LogP contribution in [0.15, 0.2) is 51.6 Å². The first-order valence-corrected chi connectivity index (χ1v) is 6.30. The lowest BCUT2D eigenvalue weighted by atomic mass is 10.1. The second kappa shape index (κ2) is 4.81. The Balaban J connectivity index is 2.01. The number of benzene rings is 1. The summed E-state index contributed by atoms with van der Waals surface area (Å²) in [6, 6.07) is 10.5. The van der Waals surface area contributed by atoms with E-state index in [4.69, 9.17) is 4.42 Å². The van der Waals surface area contributed by atoms with Crippen molar-refractivity contribution < 1.29 is 9.21 Å². The van der Waals surface area contributed by atoms with Crippen molar-refractivity contribution in [1.82, 2.24) is 15.4 Å². The smallest absolute Gasteiger partial charge is 0.215 e. The lowest BCUT2D eigenvalue weighted by Crippen LogP contribution is -2.03. The average molecular weight is 318 g/mol. The van der Waals surface area contributed by atoms with Crippen LogP contribution in [0.5, 0.6) is 0 Å². The Hall–Kier alpha value is -2.21. The molecule has 0 atom stereocenters. The normalized spacial score (nSPS) is 10.6. The van der Waals surface area contributed by atoms with Crippen LogP contribution in [-0.2, 0) is 0 Å². The molecule has 0 spiro atoms. The van der Waals surface area contributed by atoms with Gasteiger partial charge in [0.05, 0.1) is 6.26 Å². The summed E-state index contributed by atoms with van der Waals surface area (Å²) in [6.45, 7) is 0. The molecular formula is C13H8BrN3O2. The third-order valence-electron chi connectivity index (χ3n) is 2.62. The molecule has 19 heavy (non-hydrogen) atoms. The lowest BCUT2D eigenvalue weighted by Gasteiger charge is -1.99. The van der Waals surface area contributed by atoms with Crippen molar-refractivity contribution in [1.29, 1.82) is 0 Å². The molecule has 0 fully saturated rings. The van der Waals surface area contributed by atoms with Gasteiger partial charge in [0.1, 0.15) is 0 Å². The van der Waals surface area contributed by atoms with Crippen LogP contribution in [0, 0.1) is 0 Å². The molecule has 0 aliphatic rings. The van der Waals surface area contributed by atoms with Crippen molar-refractivity contribution in [3.05, 3.63) is 58.4 Å². The highest BCUT2D eigenvalue weighted by Gasteiger charge is 2.20. The van der Waals surface area contributed by atoms with Crippen molar-refractivity contribution in [2.45, 2.75) is 0 Å². The van der Waals surface area contributed by atoms with Crippen LogP contribution < -0.4 is 0 Å². The molecule has 3 aromatic rings. The van der Waals surface area contributed by atoms with Crippen LogP contribution in [0.4, 0.5) is 0 Å². The van der Waals surface area contributed by atoms with Crippen LogP contribution in [0.2, 0.25) is 0 Å². The molecule has 1 aromatic carbocycles. The maximum Gasteiger partial charge on any atom is 0.215 e. The van der Waals surface area contributed by atoms with Gasteiger partial charge < -0.3 is 4.42 Å². The van der Waals surface area contributed by atoms with E-state index in [2.05, 4.69) is 31.3 Å². The number of aromatic nitrogens is 3. The van der Waals surface area contributed by atoms with Gasteiger partial charge in [-0.25, -0.2) is 0 Å². The molecule has 1 N–H and O–H groups in total. The number of ketones is 1. The molecule has 3 rings (SSSR count). The first-order valence-electron chi connectivity index (χ1n) is 5.50. The Morgan fingerprint density at radius 1 is 1.16 bits per heavy atom. The Morgan fingerprint density at radius 2 is 1.95 bits per heavy atom. The molecule has 0 radical (unpaired) electrons. The molecule has 2 aromatic heterocycles. The van der Waals surface area contributed by atoms with Gasteiger partial charge >= 0.3 is 0 Å². The van der Waals surface area contributed by atoms with Crippen molar-refractivity contribution in [2.24, 2.45) is 0 Å². The van der Waals surface area contributed by atoms with Crippen LogP contribution in [-0.4, -0.2) is 21.2 Å². The molecule has 94 valence electrons. The van der Waals surface area contributed by atoms with E-state index in [1.165, 1.54) is 6.26 Å². The Bertz CT molecular complexity index is 702. The van der Waals surface area contributed by atoms with Gasteiger partial charge in [-0.3, -0.25) is 4.79 Å². The minimum atomic E-state index is -0.201. The number of H-pyrrole nitrogens is 1. The monoisotopic (exact) mass is 317 g/mol. The van der Waals surface area contributed by atoms with Gasteiger partial charge in [-0.1, -0.05) is 15.9 Å². The highest BCUT2D eigenvalue weighted by atomic mass is 79.9. The topological polar surface area (TPSA) is 71.8 Å². The SMILES string of the molecule is O=C(c1ccc(Br)cc1)c1n[nH]nc1-c1ccco1. The standard InChI is InChI=1S/C13H8BrN3O2/c14-9-5-3-8(4-6-9)13(18)12-11(15-17-16-12)10-2-1-7-19-10/h1-7H,(H,15,16,17). The van der Waals surface area contributed by atoms with Gasteiger partial charge in [0, 0.05) is 10.0 Å². The van der Waals surface area contributed by atoms with Crippen molar-refractivity contribution in [3.63, 3.8) is 0 Å². The maximum absolute atomic E-state index is 12.4. The molecule has 0 bridgehead atoms. The number of carbonyl (C=O) groups is 1. The van der Waals surface area contributed by atoms with Crippen molar-refractivity contribution >= 4 is 21.7 Å². The maximum atomic E-state index is 12.4. The van der Waals surface area contributed by atoms with Gasteiger partial charge in [0.25, 0.3) is 0 Å². The molecule has 0 saturated heterocycles. The van der Waals surface area contributed by atoms with Crippen molar-refractivity contribution in [2.75, 3.05) is 0 Å². The predicted molar refractivity (Wildman–Crippen MR) is 71.7 cm³/mol. The van der Waals surface area contributed by atoms with E-state index in [0.29, 0.717) is 17.0 Å². The van der Waals surface area contributed by atoms with E-state index in [1.54, 1.807) is 36.4 Å². The average Bonchev–Trinajstić information content (AvgIpc) is 3.09. The molecule has 0 amide bonds. The fraction of sp³-hybridized carbons (Fsp3) is 0. The Kier molecular flexibility index (Phi) is 3.00. The minimum absolute atomic E-state index is 0.201. The number of hydrogen-bond acceptors (Lipinski definition) is 4. The largest absolute Gasteiger partial charge is 0.463 e. The molecule has 6 heteroatoms. The summed E-state index contributed by atoms with van der Waals surface area (Å²) in [4.78, 5) is 12.4. The summed E-state index contributed by atoms with van der Waals surface area (Å²) in [5.41, 5.74) is 1.21. The molecule has 0 unspecified atom stereocenters. The second-order valence-electron chi connectivity index (χ2n) is 3.83. The number of halogens is 1. The molecule has 5 nitrogen and oxygen atoms in total. The number of furan rings is 1. The predicted octanol–water partition coefficient (Wildman–Crippen LogP) is 3.06. The van der Waals surface area contributed by atoms with Crippen LogP contribution >= 0.6 is 15.9 Å². The minimum Gasteiger partial charge on any atom is -0.463 e. The van der Waals surface area contributed by atoms with E-state index in [-0.39, 0.29) is 11.5 Å². The van der Waals surface area contributed by atoms with Crippen molar-refractivity contribution in [3.8, 4) is 11.5 Å². The van der Waals surface area contributed by atoms with Crippen LogP contribution in [0.3, 0.4) is 0 Å². The van der Waals surface area contributed by atoms with Crippen LogP contribution in [0.25, 0.3) is 11.5 Å².